The third kappa shape index (κ3) is 7.09. The maximum atomic E-state index is 13.1. The lowest BCUT2D eigenvalue weighted by Crippen LogP contribution is -2.46. The summed E-state index contributed by atoms with van der Waals surface area (Å²) in [6.07, 6.45) is 1.63. The predicted octanol–water partition coefficient (Wildman–Crippen LogP) is 3.01. The van der Waals surface area contributed by atoms with Gasteiger partial charge in [0, 0.05) is 26.6 Å². The van der Waals surface area contributed by atoms with Crippen LogP contribution in [0.5, 0.6) is 0 Å². The van der Waals surface area contributed by atoms with Gasteiger partial charge in [0.25, 0.3) is 0 Å². The zero-order valence-corrected chi connectivity index (χ0v) is 20.3. The van der Waals surface area contributed by atoms with E-state index in [4.69, 9.17) is 0 Å². The van der Waals surface area contributed by atoms with Gasteiger partial charge in [-0.3, -0.25) is 13.9 Å². The molecule has 0 unspecified atom stereocenters. The van der Waals surface area contributed by atoms with Crippen molar-refractivity contribution in [3.63, 3.8) is 0 Å². The highest BCUT2D eigenvalue weighted by Crippen LogP contribution is 2.20. The summed E-state index contributed by atoms with van der Waals surface area (Å²) < 4.78 is 25.9. The SMILES string of the molecule is CNC(=O)[C@H](C)N(Cc1ccc(C)cc1)C(=O)CCCN(c1ccc(C)cc1)S(C)(=O)=O. The number of nitrogens with one attached hydrogen (secondary N) is 1. The normalized spacial score (nSPS) is 12.2. The molecule has 0 heterocycles. The number of benzene rings is 2. The molecule has 2 amide bonds. The van der Waals surface area contributed by atoms with Crippen molar-refractivity contribution in [3.05, 3.63) is 65.2 Å². The van der Waals surface area contributed by atoms with Gasteiger partial charge >= 0.3 is 0 Å². The van der Waals surface area contributed by atoms with Crippen molar-refractivity contribution in [1.29, 1.82) is 0 Å². The molecular formula is C24H33N3O4S. The second kappa shape index (κ2) is 11.1. The Morgan fingerprint density at radius 1 is 0.969 bits per heavy atom. The lowest BCUT2D eigenvalue weighted by atomic mass is 10.1. The third-order valence-electron chi connectivity index (χ3n) is 5.36. The lowest BCUT2D eigenvalue weighted by molar-refractivity contribution is -0.140. The minimum Gasteiger partial charge on any atom is -0.357 e. The highest BCUT2D eigenvalue weighted by molar-refractivity contribution is 7.92. The van der Waals surface area contributed by atoms with E-state index in [1.54, 1.807) is 31.0 Å². The number of carbonyl (C=O) groups is 2. The summed E-state index contributed by atoms with van der Waals surface area (Å²) in [5, 5.41) is 2.59. The van der Waals surface area contributed by atoms with E-state index in [-0.39, 0.29) is 24.8 Å². The van der Waals surface area contributed by atoms with Gasteiger partial charge in [-0.25, -0.2) is 8.42 Å². The number of sulfonamides is 1. The van der Waals surface area contributed by atoms with Crippen LogP contribution < -0.4 is 9.62 Å². The maximum Gasteiger partial charge on any atom is 0.242 e. The summed E-state index contributed by atoms with van der Waals surface area (Å²) >= 11 is 0. The second-order valence-corrected chi connectivity index (χ2v) is 9.98. The van der Waals surface area contributed by atoms with Crippen LogP contribution in [0.4, 0.5) is 5.69 Å². The van der Waals surface area contributed by atoms with Crippen molar-refractivity contribution in [2.75, 3.05) is 24.2 Å². The van der Waals surface area contributed by atoms with E-state index in [1.807, 2.05) is 50.2 Å². The Labute approximate surface area is 191 Å². The van der Waals surface area contributed by atoms with E-state index in [0.717, 1.165) is 22.9 Å². The van der Waals surface area contributed by atoms with Crippen LogP contribution in [0.25, 0.3) is 0 Å². The largest absolute Gasteiger partial charge is 0.357 e. The molecule has 0 radical (unpaired) electrons. The van der Waals surface area contributed by atoms with Crippen molar-refractivity contribution < 1.29 is 18.0 Å². The van der Waals surface area contributed by atoms with E-state index in [9.17, 15) is 18.0 Å². The number of amides is 2. The van der Waals surface area contributed by atoms with E-state index in [1.165, 1.54) is 4.31 Å². The molecule has 8 heteroatoms. The number of hydrogen-bond donors (Lipinski definition) is 1. The van der Waals surface area contributed by atoms with Crippen LogP contribution in [-0.4, -0.2) is 51.0 Å². The molecule has 0 saturated heterocycles. The predicted molar refractivity (Wildman–Crippen MR) is 128 cm³/mol. The Hall–Kier alpha value is -2.87. The molecule has 2 aromatic rings. The summed E-state index contributed by atoms with van der Waals surface area (Å²) in [6, 6.07) is 14.4. The standard InChI is InChI=1S/C24H33N3O4S/c1-18-8-12-21(13-9-18)17-26(20(3)24(29)25-4)23(28)7-6-16-27(32(5,30)31)22-14-10-19(2)11-15-22/h8-15,20H,6-7,16-17H2,1-5H3,(H,25,29)/t20-/m0/s1. The fourth-order valence-electron chi connectivity index (χ4n) is 3.40. The molecule has 2 aromatic carbocycles. The summed E-state index contributed by atoms with van der Waals surface area (Å²) in [7, 11) is -1.95. The minimum absolute atomic E-state index is 0.130. The Bertz CT molecular complexity index is 1020. The first-order valence-corrected chi connectivity index (χ1v) is 12.5. The van der Waals surface area contributed by atoms with Gasteiger partial charge in [0.2, 0.25) is 21.8 Å². The lowest BCUT2D eigenvalue weighted by Gasteiger charge is -2.29. The summed E-state index contributed by atoms with van der Waals surface area (Å²) in [6.45, 7) is 6.10. The van der Waals surface area contributed by atoms with E-state index in [2.05, 4.69) is 5.32 Å². The monoisotopic (exact) mass is 459 g/mol. The molecule has 0 aliphatic rings. The minimum atomic E-state index is -3.49. The summed E-state index contributed by atoms with van der Waals surface area (Å²) in [5.41, 5.74) is 3.65. The van der Waals surface area contributed by atoms with Crippen molar-refractivity contribution in [2.24, 2.45) is 0 Å². The molecule has 1 N–H and O–H groups in total. The Balaban J connectivity index is 2.12. The first-order valence-electron chi connectivity index (χ1n) is 10.6. The van der Waals surface area contributed by atoms with Crippen molar-refractivity contribution >= 4 is 27.5 Å². The number of anilines is 1. The topological polar surface area (TPSA) is 86.8 Å². The number of likely N-dealkylation sites (N-methyl/N-ethyl adjacent to an activating group) is 1. The van der Waals surface area contributed by atoms with Gasteiger partial charge in [-0.2, -0.15) is 0 Å². The van der Waals surface area contributed by atoms with Crippen LogP contribution in [0.2, 0.25) is 0 Å². The van der Waals surface area contributed by atoms with E-state index < -0.39 is 16.1 Å². The fraction of sp³-hybridized carbons (Fsp3) is 0.417. The maximum absolute atomic E-state index is 13.1. The molecule has 2 rings (SSSR count). The molecule has 0 aromatic heterocycles. The average molecular weight is 460 g/mol. The van der Waals surface area contributed by atoms with Crippen molar-refractivity contribution in [3.8, 4) is 0 Å². The van der Waals surface area contributed by atoms with Crippen LogP contribution in [0, 0.1) is 13.8 Å². The fourth-order valence-corrected chi connectivity index (χ4v) is 4.36. The molecule has 32 heavy (non-hydrogen) atoms. The van der Waals surface area contributed by atoms with E-state index >= 15 is 0 Å². The van der Waals surface area contributed by atoms with Gasteiger partial charge in [0.05, 0.1) is 11.9 Å². The number of rotatable bonds is 10. The molecule has 174 valence electrons. The molecule has 7 nitrogen and oxygen atoms in total. The molecule has 0 spiro atoms. The highest BCUT2D eigenvalue weighted by atomic mass is 32.2. The molecule has 0 saturated carbocycles. The molecule has 0 fully saturated rings. The van der Waals surface area contributed by atoms with Crippen LogP contribution >= 0.6 is 0 Å². The zero-order chi connectivity index (χ0) is 23.9. The smallest absolute Gasteiger partial charge is 0.242 e. The summed E-state index contributed by atoms with van der Waals surface area (Å²) in [5.74, 6) is -0.443. The van der Waals surface area contributed by atoms with Crippen LogP contribution in [-0.2, 0) is 26.2 Å². The van der Waals surface area contributed by atoms with Gasteiger partial charge in [0.1, 0.15) is 6.04 Å². The second-order valence-electron chi connectivity index (χ2n) is 8.07. The van der Waals surface area contributed by atoms with Gasteiger partial charge in [0.15, 0.2) is 0 Å². The molecule has 1 atom stereocenters. The van der Waals surface area contributed by atoms with Crippen molar-refractivity contribution in [2.45, 2.75) is 46.2 Å². The van der Waals surface area contributed by atoms with Gasteiger partial charge in [-0.1, -0.05) is 47.5 Å². The van der Waals surface area contributed by atoms with Crippen molar-refractivity contribution in [1.82, 2.24) is 10.2 Å². The van der Waals surface area contributed by atoms with E-state index in [0.29, 0.717) is 18.7 Å². The quantitative estimate of drug-likeness (QED) is 0.592. The first-order chi connectivity index (χ1) is 15.0. The van der Waals surface area contributed by atoms with Gasteiger partial charge in [-0.15, -0.1) is 0 Å². The average Bonchev–Trinajstić information content (AvgIpc) is 2.75. The Morgan fingerprint density at radius 2 is 1.50 bits per heavy atom. The number of aryl methyl sites for hydroxylation is 2. The Morgan fingerprint density at radius 3 is 2.00 bits per heavy atom. The number of hydrogen-bond acceptors (Lipinski definition) is 4. The molecule has 0 aliphatic heterocycles. The summed E-state index contributed by atoms with van der Waals surface area (Å²) in [4.78, 5) is 26.8. The van der Waals surface area contributed by atoms with Crippen LogP contribution in [0.15, 0.2) is 48.5 Å². The zero-order valence-electron chi connectivity index (χ0n) is 19.5. The number of nitrogens with zero attached hydrogens (tertiary/aromatic N) is 2. The molecule has 0 aliphatic carbocycles. The number of carbonyl (C=O) groups excluding carboxylic acids is 2. The van der Waals surface area contributed by atoms with Crippen LogP contribution in [0.1, 0.15) is 36.5 Å². The van der Waals surface area contributed by atoms with Crippen LogP contribution in [0.3, 0.4) is 0 Å². The third-order valence-corrected chi connectivity index (χ3v) is 6.56. The molecule has 0 bridgehead atoms. The Kier molecular flexibility index (Phi) is 8.83. The molecular weight excluding hydrogens is 426 g/mol. The van der Waals surface area contributed by atoms with Gasteiger partial charge < -0.3 is 10.2 Å². The van der Waals surface area contributed by atoms with Gasteiger partial charge in [-0.05, 0) is 44.9 Å². The first kappa shape index (κ1) is 25.4. The highest BCUT2D eigenvalue weighted by Gasteiger charge is 2.26.